The van der Waals surface area contributed by atoms with Gasteiger partial charge in [0, 0.05) is 0 Å². The molecule has 2 N–H and O–H groups in total. The van der Waals surface area contributed by atoms with Crippen LogP contribution in [0.4, 0.5) is 0 Å². The minimum absolute atomic E-state index is 0.0758. The Labute approximate surface area is 75.4 Å². The van der Waals surface area contributed by atoms with Crippen molar-refractivity contribution in [2.45, 2.75) is 44.0 Å². The molecular formula is C8H19IN-. The molecule has 10 heavy (non-hydrogen) atoms. The van der Waals surface area contributed by atoms with Crippen LogP contribution in [0, 0.1) is 5.92 Å². The average Bonchev–Trinajstić information content (AvgIpc) is 1.87. The molecule has 0 bridgehead atoms. The van der Waals surface area contributed by atoms with Gasteiger partial charge in [-0.2, -0.15) is 0 Å². The predicted octanol–water partition coefficient (Wildman–Crippen LogP) is -0.836. The molecule has 0 aliphatic heterocycles. The van der Waals surface area contributed by atoms with E-state index in [1.165, 1.54) is 12.8 Å². The second-order valence-electron chi connectivity index (χ2n) is 3.47. The van der Waals surface area contributed by atoms with Crippen molar-refractivity contribution in [2.24, 2.45) is 9.86 Å². The van der Waals surface area contributed by atoms with E-state index in [4.69, 9.17) is 3.95 Å². The number of nitrogens with two attached hydrogens (primary N) is 1. The van der Waals surface area contributed by atoms with E-state index in [-0.39, 0.29) is 21.5 Å². The third-order valence-corrected chi connectivity index (χ3v) is 4.54. The van der Waals surface area contributed by atoms with Gasteiger partial charge < -0.3 is 0 Å². The first-order valence-electron chi connectivity index (χ1n) is 3.88. The maximum atomic E-state index is 5.78. The number of alkyl halides is 1. The molecular weight excluding hydrogens is 237 g/mol. The molecule has 0 radical (unpaired) electrons. The van der Waals surface area contributed by atoms with Gasteiger partial charge in [-0.1, -0.05) is 0 Å². The summed E-state index contributed by atoms with van der Waals surface area (Å²) in [4.78, 5) is 0. The molecule has 0 aromatic carbocycles. The molecule has 64 valence electrons. The van der Waals surface area contributed by atoms with Crippen LogP contribution in [0.15, 0.2) is 0 Å². The molecule has 1 nitrogen and oxygen atoms in total. The third-order valence-electron chi connectivity index (χ3n) is 1.83. The summed E-state index contributed by atoms with van der Waals surface area (Å²) in [6.45, 7) is 9.11. The Morgan fingerprint density at radius 2 is 2.00 bits per heavy atom. The molecule has 2 heteroatoms. The normalized spacial score (nSPS) is 17.8. The van der Waals surface area contributed by atoms with Crippen LogP contribution in [-0.2, 0) is 0 Å². The van der Waals surface area contributed by atoms with Crippen LogP contribution >= 0.6 is 0 Å². The zero-order chi connectivity index (χ0) is 8.20. The van der Waals surface area contributed by atoms with E-state index in [1.54, 1.807) is 0 Å². The van der Waals surface area contributed by atoms with Crippen molar-refractivity contribution in [2.75, 3.05) is 0 Å². The van der Waals surface area contributed by atoms with Crippen molar-refractivity contribution in [1.29, 1.82) is 0 Å². The summed E-state index contributed by atoms with van der Waals surface area (Å²) in [5.41, 5.74) is 0. The van der Waals surface area contributed by atoms with Crippen LogP contribution in [0.2, 0.25) is 0 Å². The molecule has 0 spiro atoms. The molecule has 1 atom stereocenters. The van der Waals surface area contributed by atoms with Crippen molar-refractivity contribution < 1.29 is 21.5 Å². The standard InChI is InChI=1S/C8H19IN/c1-5-8(4,9-10)6-7(2)3/h7H,5-6,10H2,1-4H3/q-1/t8-/m1/s1. The van der Waals surface area contributed by atoms with Crippen molar-refractivity contribution in [3.8, 4) is 0 Å². The van der Waals surface area contributed by atoms with Crippen LogP contribution in [-0.4, -0.2) is 3.42 Å². The topological polar surface area (TPSA) is 26.0 Å². The first-order valence-corrected chi connectivity index (χ1v) is 6.21. The molecule has 0 unspecified atom stereocenters. The zero-order valence-electron chi connectivity index (χ0n) is 7.45. The predicted molar refractivity (Wildman–Crippen MR) is 42.3 cm³/mol. The molecule has 0 fully saturated rings. The number of rotatable bonds is 4. The molecule has 0 amide bonds. The SMILES string of the molecule is CC[C@](C)(CC(C)C)[I-]N. The first-order chi connectivity index (χ1) is 4.54. The van der Waals surface area contributed by atoms with Crippen molar-refractivity contribution in [1.82, 2.24) is 0 Å². The van der Waals surface area contributed by atoms with Crippen LogP contribution in [0.3, 0.4) is 0 Å². The Balaban J connectivity index is 3.80. The summed E-state index contributed by atoms with van der Waals surface area (Å²) in [5.74, 6) is 0.799. The van der Waals surface area contributed by atoms with Gasteiger partial charge in [0.15, 0.2) is 0 Å². The minimum atomic E-state index is -0.0758. The van der Waals surface area contributed by atoms with Gasteiger partial charge in [0.1, 0.15) is 0 Å². The van der Waals surface area contributed by atoms with E-state index in [2.05, 4.69) is 27.7 Å². The van der Waals surface area contributed by atoms with E-state index >= 15 is 0 Å². The third kappa shape index (κ3) is 3.76. The second-order valence-corrected chi connectivity index (χ2v) is 6.70. The van der Waals surface area contributed by atoms with E-state index in [0.717, 1.165) is 5.92 Å². The van der Waals surface area contributed by atoms with Crippen LogP contribution in [0.1, 0.15) is 40.5 Å². The fraction of sp³-hybridized carbons (Fsp3) is 1.00. The van der Waals surface area contributed by atoms with Gasteiger partial charge in [0.05, 0.1) is 0 Å². The van der Waals surface area contributed by atoms with Crippen molar-refractivity contribution in [3.05, 3.63) is 0 Å². The molecule has 0 saturated heterocycles. The fourth-order valence-corrected chi connectivity index (χ4v) is 2.69. The molecule has 0 saturated carbocycles. The summed E-state index contributed by atoms with van der Waals surface area (Å²) >= 11 is -0.0758. The van der Waals surface area contributed by atoms with E-state index in [0.29, 0.717) is 3.42 Å². The summed E-state index contributed by atoms with van der Waals surface area (Å²) in [6, 6.07) is 0. The van der Waals surface area contributed by atoms with Crippen molar-refractivity contribution >= 4 is 0 Å². The molecule has 0 heterocycles. The van der Waals surface area contributed by atoms with Crippen LogP contribution < -0.4 is 25.4 Å². The Bertz CT molecular complexity index is 87.3. The monoisotopic (exact) mass is 256 g/mol. The fourth-order valence-electron chi connectivity index (χ4n) is 1.12. The summed E-state index contributed by atoms with van der Waals surface area (Å²) < 4.78 is 6.27. The quantitative estimate of drug-likeness (QED) is 0.396. The average molecular weight is 256 g/mol. The Hall–Kier alpha value is 0.690. The van der Waals surface area contributed by atoms with E-state index in [1.807, 2.05) is 0 Å². The van der Waals surface area contributed by atoms with Gasteiger partial charge in [0.2, 0.25) is 0 Å². The maximum absolute atomic E-state index is 5.78. The van der Waals surface area contributed by atoms with Gasteiger partial charge in [-0.3, -0.25) is 0 Å². The number of halogens is 1. The van der Waals surface area contributed by atoms with E-state index < -0.39 is 0 Å². The number of hydrogen-bond donors (Lipinski definition) is 1. The Kier molecular flexibility index (Phi) is 4.86. The molecule has 0 aliphatic rings. The van der Waals surface area contributed by atoms with Crippen LogP contribution in [0.25, 0.3) is 0 Å². The molecule has 0 rings (SSSR count). The van der Waals surface area contributed by atoms with Gasteiger partial charge in [-0.25, -0.2) is 0 Å². The summed E-state index contributed by atoms with van der Waals surface area (Å²) in [7, 11) is 0. The van der Waals surface area contributed by atoms with Gasteiger partial charge in [0.25, 0.3) is 0 Å². The zero-order valence-corrected chi connectivity index (χ0v) is 9.60. The van der Waals surface area contributed by atoms with Crippen molar-refractivity contribution in [3.63, 3.8) is 0 Å². The van der Waals surface area contributed by atoms with Crippen LogP contribution in [0.5, 0.6) is 0 Å². The summed E-state index contributed by atoms with van der Waals surface area (Å²) in [6.07, 6.45) is 2.54. The van der Waals surface area contributed by atoms with Gasteiger partial charge in [-0.15, -0.1) is 0 Å². The molecule has 0 aromatic rings. The molecule has 0 aromatic heterocycles. The Morgan fingerprint density at radius 3 is 2.10 bits per heavy atom. The van der Waals surface area contributed by atoms with E-state index in [9.17, 15) is 0 Å². The summed E-state index contributed by atoms with van der Waals surface area (Å²) in [5, 5.41) is 0. The number of hydrogen-bond acceptors (Lipinski definition) is 1. The Morgan fingerprint density at radius 1 is 1.50 bits per heavy atom. The first kappa shape index (κ1) is 10.7. The molecule has 0 aliphatic carbocycles. The second kappa shape index (κ2) is 4.54. The van der Waals surface area contributed by atoms with Gasteiger partial charge >= 0.3 is 75.3 Å². The van der Waals surface area contributed by atoms with Gasteiger partial charge in [-0.05, 0) is 0 Å².